The van der Waals surface area contributed by atoms with Crippen molar-refractivity contribution in [1.82, 2.24) is 10.3 Å². The maximum atomic E-state index is 4.26. The monoisotopic (exact) mass is 282 g/mol. The summed E-state index contributed by atoms with van der Waals surface area (Å²) in [5.41, 5.74) is 1.53. The average molecular weight is 282 g/mol. The van der Waals surface area contributed by atoms with Crippen molar-refractivity contribution < 1.29 is 0 Å². The van der Waals surface area contributed by atoms with E-state index in [9.17, 15) is 0 Å². The Morgan fingerprint density at radius 2 is 2.10 bits per heavy atom. The minimum Gasteiger partial charge on any atom is -0.314 e. The van der Waals surface area contributed by atoms with E-state index in [2.05, 4.69) is 41.5 Å². The number of rotatable bonds is 4. The van der Waals surface area contributed by atoms with Crippen molar-refractivity contribution in [3.63, 3.8) is 0 Å². The summed E-state index contributed by atoms with van der Waals surface area (Å²) in [7, 11) is 0. The molecule has 0 bridgehead atoms. The third-order valence-corrected chi connectivity index (χ3v) is 4.76. The van der Waals surface area contributed by atoms with Crippen molar-refractivity contribution in [2.75, 3.05) is 6.54 Å². The third kappa shape index (κ3) is 3.44. The highest BCUT2D eigenvalue weighted by molar-refractivity contribution is 5.85. The van der Waals surface area contributed by atoms with E-state index in [-0.39, 0.29) is 0 Å². The van der Waals surface area contributed by atoms with Gasteiger partial charge in [0.25, 0.3) is 0 Å². The summed E-state index contributed by atoms with van der Waals surface area (Å²) >= 11 is 0. The number of nitrogens with zero attached hydrogens (tertiary/aromatic N) is 1. The van der Waals surface area contributed by atoms with Gasteiger partial charge < -0.3 is 5.32 Å². The lowest BCUT2D eigenvalue weighted by molar-refractivity contribution is 0.440. The van der Waals surface area contributed by atoms with E-state index >= 15 is 0 Å². The van der Waals surface area contributed by atoms with E-state index < -0.39 is 0 Å². The van der Waals surface area contributed by atoms with E-state index in [0.717, 1.165) is 6.54 Å². The highest BCUT2D eigenvalue weighted by Crippen LogP contribution is 2.35. The molecule has 112 valence electrons. The zero-order chi connectivity index (χ0) is 14.5. The molecule has 2 aromatic rings. The lowest BCUT2D eigenvalue weighted by Crippen LogP contribution is -2.30. The third-order valence-electron chi connectivity index (χ3n) is 4.76. The second-order valence-electron chi connectivity index (χ2n) is 6.31. The Bertz CT molecular complexity index is 573. The van der Waals surface area contributed by atoms with Gasteiger partial charge in [-0.25, -0.2) is 0 Å². The number of fused-ring (bicyclic) bond motifs is 1. The molecule has 1 aromatic heterocycles. The summed E-state index contributed by atoms with van der Waals surface area (Å²) < 4.78 is 0. The van der Waals surface area contributed by atoms with Crippen molar-refractivity contribution in [1.29, 1.82) is 0 Å². The highest BCUT2D eigenvalue weighted by Gasteiger charge is 2.22. The zero-order valence-corrected chi connectivity index (χ0v) is 13.0. The maximum absolute atomic E-state index is 4.26. The number of pyridine rings is 1. The summed E-state index contributed by atoms with van der Waals surface area (Å²) in [6.07, 6.45) is 11.8. The Kier molecular flexibility index (Phi) is 4.87. The van der Waals surface area contributed by atoms with Gasteiger partial charge >= 0.3 is 0 Å². The topological polar surface area (TPSA) is 24.9 Å². The second kappa shape index (κ2) is 7.04. The van der Waals surface area contributed by atoms with Gasteiger partial charge in [-0.1, -0.05) is 38.0 Å². The smallest absolute Gasteiger partial charge is 0.0346 e. The maximum Gasteiger partial charge on any atom is 0.0346 e. The number of hydrogen-bond acceptors (Lipinski definition) is 2. The first-order valence-electron chi connectivity index (χ1n) is 8.44. The van der Waals surface area contributed by atoms with E-state index in [1.54, 1.807) is 0 Å². The van der Waals surface area contributed by atoms with Crippen LogP contribution >= 0.6 is 0 Å². The van der Waals surface area contributed by atoms with Crippen LogP contribution in [-0.4, -0.2) is 17.6 Å². The normalized spacial score (nSPS) is 23.1. The minimum atomic E-state index is 0.688. The fourth-order valence-corrected chi connectivity index (χ4v) is 3.68. The Labute approximate surface area is 128 Å². The van der Waals surface area contributed by atoms with Crippen LogP contribution in [-0.2, 0) is 0 Å². The van der Waals surface area contributed by atoms with Crippen LogP contribution in [0.1, 0.15) is 56.9 Å². The molecule has 0 saturated heterocycles. The molecule has 21 heavy (non-hydrogen) atoms. The van der Waals surface area contributed by atoms with Gasteiger partial charge in [-0.15, -0.1) is 0 Å². The quantitative estimate of drug-likeness (QED) is 0.826. The zero-order valence-electron chi connectivity index (χ0n) is 13.0. The van der Waals surface area contributed by atoms with Crippen LogP contribution in [0.15, 0.2) is 36.7 Å². The molecular formula is C19H26N2. The first-order chi connectivity index (χ1) is 10.4. The largest absolute Gasteiger partial charge is 0.314 e. The van der Waals surface area contributed by atoms with Crippen molar-refractivity contribution in [2.45, 2.75) is 57.4 Å². The summed E-state index contributed by atoms with van der Waals surface area (Å²) in [6, 6.07) is 9.57. The van der Waals surface area contributed by atoms with Crippen LogP contribution in [0.2, 0.25) is 0 Å². The predicted octanol–water partition coefficient (Wildman–Crippen LogP) is 4.65. The lowest BCUT2D eigenvalue weighted by Gasteiger charge is -2.22. The van der Waals surface area contributed by atoms with Gasteiger partial charge in [0.05, 0.1) is 0 Å². The Balaban J connectivity index is 1.86. The Morgan fingerprint density at radius 3 is 3.00 bits per heavy atom. The van der Waals surface area contributed by atoms with Gasteiger partial charge in [-0.05, 0) is 55.2 Å². The molecule has 1 aromatic carbocycles. The van der Waals surface area contributed by atoms with Crippen LogP contribution < -0.4 is 5.32 Å². The van der Waals surface area contributed by atoms with Crippen LogP contribution in [0.3, 0.4) is 0 Å². The average Bonchev–Trinajstić information content (AvgIpc) is 2.78. The van der Waals surface area contributed by atoms with Crippen LogP contribution in [0, 0.1) is 0 Å². The predicted molar refractivity (Wildman–Crippen MR) is 89.7 cm³/mol. The molecule has 1 heterocycles. The molecule has 0 aliphatic heterocycles. The summed E-state index contributed by atoms with van der Waals surface area (Å²) in [4.78, 5) is 4.26. The number of hydrogen-bond donors (Lipinski definition) is 1. The van der Waals surface area contributed by atoms with E-state index in [0.29, 0.717) is 12.0 Å². The molecule has 2 nitrogen and oxygen atoms in total. The van der Waals surface area contributed by atoms with E-state index in [1.165, 1.54) is 54.9 Å². The van der Waals surface area contributed by atoms with Gasteiger partial charge in [0.1, 0.15) is 0 Å². The van der Waals surface area contributed by atoms with Gasteiger partial charge in [0.15, 0.2) is 0 Å². The lowest BCUT2D eigenvalue weighted by atomic mass is 9.87. The number of aromatic nitrogens is 1. The summed E-state index contributed by atoms with van der Waals surface area (Å²) in [6.45, 7) is 3.40. The SMILES string of the molecule is CCCNC1CCCCC(c2cccc3cnccc23)C1. The molecule has 2 heteroatoms. The van der Waals surface area contributed by atoms with Crippen molar-refractivity contribution >= 4 is 10.8 Å². The number of nitrogens with one attached hydrogen (secondary N) is 1. The molecule has 1 aliphatic carbocycles. The minimum absolute atomic E-state index is 0.688. The molecule has 2 atom stereocenters. The first-order valence-corrected chi connectivity index (χ1v) is 8.44. The molecule has 3 rings (SSSR count). The molecule has 1 aliphatic rings. The second-order valence-corrected chi connectivity index (χ2v) is 6.31. The molecule has 0 radical (unpaired) electrons. The van der Waals surface area contributed by atoms with Gasteiger partial charge in [-0.2, -0.15) is 0 Å². The molecule has 1 fully saturated rings. The fourth-order valence-electron chi connectivity index (χ4n) is 3.68. The van der Waals surface area contributed by atoms with E-state index in [4.69, 9.17) is 0 Å². The van der Waals surface area contributed by atoms with Crippen LogP contribution in [0.5, 0.6) is 0 Å². The fraction of sp³-hybridized carbons (Fsp3) is 0.526. The standard InChI is InChI=1S/C19H26N2/c1-2-11-21-17-8-4-3-6-15(13-17)18-9-5-7-16-14-20-12-10-19(16)18/h5,7,9-10,12,14-15,17,21H,2-4,6,8,11,13H2,1H3. The van der Waals surface area contributed by atoms with Gasteiger partial charge in [0, 0.05) is 23.8 Å². The van der Waals surface area contributed by atoms with Crippen molar-refractivity contribution in [3.8, 4) is 0 Å². The molecule has 1 N–H and O–H groups in total. The van der Waals surface area contributed by atoms with E-state index in [1.807, 2.05) is 12.4 Å². The van der Waals surface area contributed by atoms with Gasteiger partial charge in [0.2, 0.25) is 0 Å². The van der Waals surface area contributed by atoms with Crippen molar-refractivity contribution in [3.05, 3.63) is 42.2 Å². The molecular weight excluding hydrogens is 256 g/mol. The summed E-state index contributed by atoms with van der Waals surface area (Å²) in [5, 5.41) is 6.42. The molecule has 0 amide bonds. The Hall–Kier alpha value is -1.41. The molecule has 0 spiro atoms. The molecule has 1 saturated carbocycles. The van der Waals surface area contributed by atoms with Crippen molar-refractivity contribution in [2.24, 2.45) is 0 Å². The Morgan fingerprint density at radius 1 is 1.19 bits per heavy atom. The van der Waals surface area contributed by atoms with Gasteiger partial charge in [-0.3, -0.25) is 4.98 Å². The van der Waals surface area contributed by atoms with Crippen LogP contribution in [0.4, 0.5) is 0 Å². The number of benzene rings is 1. The first kappa shape index (κ1) is 14.5. The molecule has 2 unspecified atom stereocenters. The summed E-state index contributed by atoms with van der Waals surface area (Å²) in [5.74, 6) is 0.688. The highest BCUT2D eigenvalue weighted by atomic mass is 14.9. The van der Waals surface area contributed by atoms with Crippen LogP contribution in [0.25, 0.3) is 10.8 Å².